The first-order chi connectivity index (χ1) is 8.16. The van der Waals surface area contributed by atoms with Gasteiger partial charge in [-0.1, -0.05) is 0 Å². The summed E-state index contributed by atoms with van der Waals surface area (Å²) in [5.74, 6) is 0.507. The molecule has 4 nitrogen and oxygen atoms in total. The Bertz CT molecular complexity index is 507. The topological polar surface area (TPSA) is 55.9 Å². The van der Waals surface area contributed by atoms with Gasteiger partial charge in [0.05, 0.1) is 5.69 Å². The lowest BCUT2D eigenvalue weighted by Crippen LogP contribution is -2.44. The van der Waals surface area contributed by atoms with Crippen molar-refractivity contribution in [3.05, 3.63) is 16.6 Å². The van der Waals surface area contributed by atoms with Crippen LogP contribution in [0.5, 0.6) is 0 Å². The molecular formula is C12H18N4S. The van der Waals surface area contributed by atoms with Crippen LogP contribution >= 0.6 is 11.3 Å². The fraction of sp³-hybridized carbons (Fsp3) is 0.583. The number of thiophene rings is 1. The van der Waals surface area contributed by atoms with Crippen molar-refractivity contribution in [3.63, 3.8) is 0 Å². The summed E-state index contributed by atoms with van der Waals surface area (Å²) in [5.41, 5.74) is 7.32. The van der Waals surface area contributed by atoms with Crippen molar-refractivity contribution in [1.82, 2.24) is 15.1 Å². The van der Waals surface area contributed by atoms with Gasteiger partial charge in [-0.15, -0.1) is 11.3 Å². The van der Waals surface area contributed by atoms with Crippen molar-refractivity contribution in [2.75, 3.05) is 13.1 Å². The molecule has 0 aliphatic carbocycles. The first-order valence-corrected chi connectivity index (χ1v) is 6.88. The highest BCUT2D eigenvalue weighted by Crippen LogP contribution is 2.35. The van der Waals surface area contributed by atoms with E-state index in [-0.39, 0.29) is 6.04 Å². The van der Waals surface area contributed by atoms with Crippen LogP contribution in [0.15, 0.2) is 6.07 Å². The number of hydrogen-bond donors (Lipinski definition) is 2. The molecule has 3 rings (SSSR count). The van der Waals surface area contributed by atoms with Crippen LogP contribution in [-0.4, -0.2) is 28.9 Å². The lowest BCUT2D eigenvalue weighted by Gasteiger charge is -2.28. The fourth-order valence-electron chi connectivity index (χ4n) is 2.64. The number of nitrogens with zero attached hydrogens (tertiary/aromatic N) is 2. The monoisotopic (exact) mass is 250 g/mol. The SMILES string of the molecule is Cc1nn(C)c2sc(C3CCNCC3N)cc12. The van der Waals surface area contributed by atoms with E-state index < -0.39 is 0 Å². The largest absolute Gasteiger partial charge is 0.326 e. The Morgan fingerprint density at radius 3 is 3.12 bits per heavy atom. The van der Waals surface area contributed by atoms with Crippen molar-refractivity contribution >= 4 is 21.6 Å². The molecule has 0 radical (unpaired) electrons. The zero-order valence-corrected chi connectivity index (χ0v) is 11.0. The molecule has 0 spiro atoms. The molecule has 0 aromatic carbocycles. The molecule has 1 saturated heterocycles. The Kier molecular flexibility index (Phi) is 2.69. The third-order valence-electron chi connectivity index (χ3n) is 3.61. The normalized spacial score (nSPS) is 25.6. The minimum Gasteiger partial charge on any atom is -0.326 e. The molecule has 2 atom stereocenters. The highest BCUT2D eigenvalue weighted by molar-refractivity contribution is 7.18. The predicted molar refractivity (Wildman–Crippen MR) is 71.5 cm³/mol. The summed E-state index contributed by atoms with van der Waals surface area (Å²) in [6, 6.07) is 2.53. The maximum atomic E-state index is 6.20. The minimum atomic E-state index is 0.241. The molecule has 0 bridgehead atoms. The maximum Gasteiger partial charge on any atom is 0.121 e. The van der Waals surface area contributed by atoms with Gasteiger partial charge in [-0.3, -0.25) is 4.68 Å². The molecule has 3 N–H and O–H groups in total. The van der Waals surface area contributed by atoms with Crippen LogP contribution in [0.4, 0.5) is 0 Å². The van der Waals surface area contributed by atoms with E-state index >= 15 is 0 Å². The summed E-state index contributed by atoms with van der Waals surface area (Å²) >= 11 is 1.85. The summed E-state index contributed by atoms with van der Waals surface area (Å²) < 4.78 is 1.98. The Morgan fingerprint density at radius 2 is 2.41 bits per heavy atom. The van der Waals surface area contributed by atoms with Gasteiger partial charge < -0.3 is 11.1 Å². The predicted octanol–water partition coefficient (Wildman–Crippen LogP) is 1.35. The average molecular weight is 250 g/mol. The van der Waals surface area contributed by atoms with Crippen molar-refractivity contribution in [1.29, 1.82) is 0 Å². The van der Waals surface area contributed by atoms with Gasteiger partial charge in [0.1, 0.15) is 4.83 Å². The smallest absolute Gasteiger partial charge is 0.121 e. The first-order valence-electron chi connectivity index (χ1n) is 6.06. The number of hydrogen-bond acceptors (Lipinski definition) is 4. The molecule has 1 aliphatic heterocycles. The van der Waals surface area contributed by atoms with Gasteiger partial charge in [0.15, 0.2) is 0 Å². The van der Waals surface area contributed by atoms with E-state index in [2.05, 4.69) is 23.4 Å². The van der Waals surface area contributed by atoms with Crippen LogP contribution in [0.2, 0.25) is 0 Å². The van der Waals surface area contributed by atoms with Gasteiger partial charge >= 0.3 is 0 Å². The van der Waals surface area contributed by atoms with E-state index in [1.807, 2.05) is 23.1 Å². The van der Waals surface area contributed by atoms with Crippen LogP contribution in [0.3, 0.4) is 0 Å². The van der Waals surface area contributed by atoms with E-state index in [0.29, 0.717) is 5.92 Å². The summed E-state index contributed by atoms with van der Waals surface area (Å²) in [6.45, 7) is 4.07. The van der Waals surface area contributed by atoms with Crippen LogP contribution in [-0.2, 0) is 7.05 Å². The average Bonchev–Trinajstić information content (AvgIpc) is 2.83. The highest BCUT2D eigenvalue weighted by atomic mass is 32.1. The first kappa shape index (κ1) is 11.2. The van der Waals surface area contributed by atoms with Gasteiger partial charge in [0.2, 0.25) is 0 Å². The second kappa shape index (κ2) is 4.08. The van der Waals surface area contributed by atoms with E-state index in [1.54, 1.807) is 0 Å². The molecule has 17 heavy (non-hydrogen) atoms. The van der Waals surface area contributed by atoms with Crippen LogP contribution in [0, 0.1) is 6.92 Å². The van der Waals surface area contributed by atoms with E-state index in [1.165, 1.54) is 15.1 Å². The summed E-state index contributed by atoms with van der Waals surface area (Å²) in [6.07, 6.45) is 1.14. The summed E-state index contributed by atoms with van der Waals surface area (Å²) in [4.78, 5) is 2.69. The fourth-order valence-corrected chi connectivity index (χ4v) is 3.98. The number of piperidine rings is 1. The summed E-state index contributed by atoms with van der Waals surface area (Å²) in [7, 11) is 2.01. The standard InChI is InChI=1S/C12H18N4S/c1-7-9-5-11(17-12(9)16(2)15-7)8-3-4-14-6-10(8)13/h5,8,10,14H,3-4,6,13H2,1-2H3. The Balaban J connectivity index is 2.02. The Morgan fingerprint density at radius 1 is 1.59 bits per heavy atom. The molecule has 92 valence electrons. The van der Waals surface area contributed by atoms with E-state index in [4.69, 9.17) is 5.73 Å². The molecule has 0 amide bonds. The molecule has 2 aromatic rings. The van der Waals surface area contributed by atoms with E-state index in [9.17, 15) is 0 Å². The number of aromatic nitrogens is 2. The third-order valence-corrected chi connectivity index (χ3v) is 4.94. The van der Waals surface area contributed by atoms with Crippen LogP contribution in [0.25, 0.3) is 10.2 Å². The maximum absolute atomic E-state index is 6.20. The highest BCUT2D eigenvalue weighted by Gasteiger charge is 2.25. The van der Waals surface area contributed by atoms with Gasteiger partial charge in [-0.05, 0) is 26.0 Å². The third kappa shape index (κ3) is 1.78. The Hall–Kier alpha value is -0.910. The number of rotatable bonds is 1. The zero-order chi connectivity index (χ0) is 12.0. The van der Waals surface area contributed by atoms with Crippen molar-refractivity contribution in [2.24, 2.45) is 12.8 Å². The van der Waals surface area contributed by atoms with Gasteiger partial charge in [-0.2, -0.15) is 5.10 Å². The number of fused-ring (bicyclic) bond motifs is 1. The Labute approximate surface area is 105 Å². The molecular weight excluding hydrogens is 232 g/mol. The molecule has 2 aromatic heterocycles. The van der Waals surface area contributed by atoms with E-state index in [0.717, 1.165) is 25.2 Å². The van der Waals surface area contributed by atoms with Crippen molar-refractivity contribution in [3.8, 4) is 0 Å². The van der Waals surface area contributed by atoms with Crippen LogP contribution < -0.4 is 11.1 Å². The minimum absolute atomic E-state index is 0.241. The molecule has 3 heterocycles. The number of aryl methyl sites for hydroxylation is 2. The second-order valence-electron chi connectivity index (χ2n) is 4.84. The lowest BCUT2D eigenvalue weighted by atomic mass is 9.92. The summed E-state index contributed by atoms with van der Waals surface area (Å²) in [5, 5.41) is 9.08. The number of nitrogens with two attached hydrogens (primary N) is 1. The van der Waals surface area contributed by atoms with Gasteiger partial charge in [0, 0.05) is 35.8 Å². The van der Waals surface area contributed by atoms with Gasteiger partial charge in [0.25, 0.3) is 0 Å². The second-order valence-corrected chi connectivity index (χ2v) is 5.90. The molecule has 2 unspecified atom stereocenters. The lowest BCUT2D eigenvalue weighted by molar-refractivity contribution is 0.407. The molecule has 1 fully saturated rings. The number of nitrogens with one attached hydrogen (secondary N) is 1. The molecule has 1 aliphatic rings. The molecule has 5 heteroatoms. The van der Waals surface area contributed by atoms with Crippen LogP contribution in [0.1, 0.15) is 22.9 Å². The quantitative estimate of drug-likeness (QED) is 0.803. The van der Waals surface area contributed by atoms with Gasteiger partial charge in [-0.25, -0.2) is 0 Å². The van der Waals surface area contributed by atoms with Crippen molar-refractivity contribution < 1.29 is 0 Å². The molecule has 0 saturated carbocycles. The van der Waals surface area contributed by atoms with Crippen molar-refractivity contribution in [2.45, 2.75) is 25.3 Å². The zero-order valence-electron chi connectivity index (χ0n) is 10.2.